The van der Waals surface area contributed by atoms with Crippen molar-refractivity contribution in [3.05, 3.63) is 119 Å². The molecule has 8 heteroatoms. The number of aryl methyl sites for hydroxylation is 1. The Hall–Kier alpha value is -3.65. The first-order valence-corrected chi connectivity index (χ1v) is 12.0. The van der Waals surface area contributed by atoms with Crippen molar-refractivity contribution in [2.75, 3.05) is 0 Å². The van der Waals surface area contributed by atoms with Crippen molar-refractivity contribution >= 4 is 17.3 Å². The summed E-state index contributed by atoms with van der Waals surface area (Å²) in [5, 5.41) is 4.06. The number of pyridine rings is 1. The van der Waals surface area contributed by atoms with E-state index in [2.05, 4.69) is 27.3 Å². The van der Waals surface area contributed by atoms with E-state index in [0.717, 1.165) is 34.3 Å². The highest BCUT2D eigenvalue weighted by Crippen LogP contribution is 2.42. The number of halogens is 3. The number of thiocarbonyl (C=S) groups is 1. The van der Waals surface area contributed by atoms with E-state index in [1.165, 1.54) is 12.1 Å². The third-order valence-corrected chi connectivity index (χ3v) is 6.97. The first kappa shape index (κ1) is 24.1. The fourth-order valence-electron chi connectivity index (χ4n) is 5.00. The summed E-state index contributed by atoms with van der Waals surface area (Å²) in [5.74, 6) is 0. The zero-order chi connectivity index (χ0) is 25.4. The second kappa shape index (κ2) is 9.43. The predicted octanol–water partition coefficient (Wildman–Crippen LogP) is 6.68. The van der Waals surface area contributed by atoms with Gasteiger partial charge in [-0.15, -0.1) is 0 Å². The van der Waals surface area contributed by atoms with Gasteiger partial charge in [0.15, 0.2) is 5.11 Å². The van der Waals surface area contributed by atoms with Gasteiger partial charge in [0.1, 0.15) is 0 Å². The molecule has 2 aromatic heterocycles. The molecule has 3 heterocycles. The van der Waals surface area contributed by atoms with Crippen LogP contribution < -0.4 is 5.32 Å². The van der Waals surface area contributed by atoms with Crippen LogP contribution in [0.1, 0.15) is 45.9 Å². The second-order valence-electron chi connectivity index (χ2n) is 8.95. The Labute approximate surface area is 213 Å². The number of nitrogens with one attached hydrogen (secondary N) is 1. The largest absolute Gasteiger partial charge is 0.416 e. The minimum absolute atomic E-state index is 0.196. The van der Waals surface area contributed by atoms with Crippen LogP contribution in [0.3, 0.4) is 0 Å². The molecule has 0 unspecified atom stereocenters. The summed E-state index contributed by atoms with van der Waals surface area (Å²) in [7, 11) is 0. The van der Waals surface area contributed by atoms with Crippen LogP contribution in [0.15, 0.2) is 85.1 Å². The third-order valence-electron chi connectivity index (χ3n) is 6.61. The van der Waals surface area contributed by atoms with Crippen LogP contribution >= 0.6 is 12.2 Å². The number of rotatable bonds is 5. The molecular weight excluding hydrogens is 481 g/mol. The maximum Gasteiger partial charge on any atom is 0.416 e. The summed E-state index contributed by atoms with van der Waals surface area (Å²) < 4.78 is 42.2. The highest BCUT2D eigenvalue weighted by Gasteiger charge is 2.41. The molecule has 1 aliphatic heterocycles. The molecule has 36 heavy (non-hydrogen) atoms. The Balaban J connectivity index is 1.62. The van der Waals surface area contributed by atoms with Gasteiger partial charge in [0.25, 0.3) is 0 Å². The van der Waals surface area contributed by atoms with Crippen LogP contribution in [-0.4, -0.2) is 19.6 Å². The van der Waals surface area contributed by atoms with Gasteiger partial charge in [-0.1, -0.05) is 42.5 Å². The number of hydrogen-bond donors (Lipinski definition) is 1. The van der Waals surface area contributed by atoms with Crippen molar-refractivity contribution < 1.29 is 13.2 Å². The standard InChI is InChI=1S/C28H25F3N4S/c1-18-15-23(19(2)35(18)22-12-8-11-21(16-22)28(29,30)31)26-25(24-13-6-7-14-32-24)33-27(36)34(26)17-20-9-4-3-5-10-20/h3-16,25-26H,17H2,1-2H3,(H,33,36)/t25-,26+/m0/s1. The number of nitrogens with zero attached hydrogens (tertiary/aromatic N) is 3. The Morgan fingerprint density at radius 3 is 2.39 bits per heavy atom. The van der Waals surface area contributed by atoms with Crippen molar-refractivity contribution in [1.29, 1.82) is 0 Å². The average molecular weight is 507 g/mol. The fourth-order valence-corrected chi connectivity index (χ4v) is 5.31. The fraction of sp³-hybridized carbons (Fsp3) is 0.214. The molecule has 5 rings (SSSR count). The summed E-state index contributed by atoms with van der Waals surface area (Å²) >= 11 is 5.78. The SMILES string of the molecule is Cc1cc([C@@H]2[C@H](c3ccccn3)NC(=S)N2Cc2ccccc2)c(C)n1-c1cccc(C(F)(F)F)c1. The van der Waals surface area contributed by atoms with E-state index >= 15 is 0 Å². The molecular formula is C28H25F3N4S. The molecule has 0 amide bonds. The van der Waals surface area contributed by atoms with E-state index in [1.54, 1.807) is 12.3 Å². The van der Waals surface area contributed by atoms with Crippen LogP contribution in [0.4, 0.5) is 13.2 Å². The van der Waals surface area contributed by atoms with Crippen LogP contribution in [0.5, 0.6) is 0 Å². The molecule has 4 nitrogen and oxygen atoms in total. The Morgan fingerprint density at radius 2 is 1.69 bits per heavy atom. The molecule has 0 spiro atoms. The molecule has 2 atom stereocenters. The summed E-state index contributed by atoms with van der Waals surface area (Å²) in [6, 6.07) is 22.9. The quantitative estimate of drug-likeness (QED) is 0.306. The highest BCUT2D eigenvalue weighted by atomic mass is 32.1. The molecule has 2 aromatic carbocycles. The number of aromatic nitrogens is 2. The number of benzene rings is 2. The van der Waals surface area contributed by atoms with Crippen molar-refractivity contribution in [3.8, 4) is 5.69 Å². The van der Waals surface area contributed by atoms with E-state index in [0.29, 0.717) is 17.3 Å². The van der Waals surface area contributed by atoms with Crippen molar-refractivity contribution in [1.82, 2.24) is 19.8 Å². The third kappa shape index (κ3) is 4.48. The van der Waals surface area contributed by atoms with Crippen molar-refractivity contribution in [2.45, 2.75) is 38.7 Å². The first-order valence-electron chi connectivity index (χ1n) is 11.6. The van der Waals surface area contributed by atoms with Gasteiger partial charge >= 0.3 is 6.18 Å². The van der Waals surface area contributed by atoms with E-state index < -0.39 is 11.7 Å². The average Bonchev–Trinajstić information content (AvgIpc) is 3.34. The molecule has 0 bridgehead atoms. The minimum Gasteiger partial charge on any atom is -0.352 e. The Morgan fingerprint density at radius 1 is 0.944 bits per heavy atom. The smallest absolute Gasteiger partial charge is 0.352 e. The van der Waals surface area contributed by atoms with E-state index in [9.17, 15) is 13.2 Å². The van der Waals surface area contributed by atoms with E-state index in [-0.39, 0.29) is 12.1 Å². The van der Waals surface area contributed by atoms with Gasteiger partial charge in [-0.2, -0.15) is 13.2 Å². The van der Waals surface area contributed by atoms with Gasteiger partial charge in [0, 0.05) is 29.8 Å². The monoisotopic (exact) mass is 506 g/mol. The highest BCUT2D eigenvalue weighted by molar-refractivity contribution is 7.80. The van der Waals surface area contributed by atoms with Gasteiger partial charge < -0.3 is 14.8 Å². The predicted molar refractivity (Wildman–Crippen MR) is 138 cm³/mol. The lowest BCUT2D eigenvalue weighted by Crippen LogP contribution is -2.29. The Bertz CT molecular complexity index is 1380. The van der Waals surface area contributed by atoms with Crippen LogP contribution in [-0.2, 0) is 12.7 Å². The Kier molecular flexibility index (Phi) is 6.30. The molecule has 1 fully saturated rings. The molecule has 4 aromatic rings. The lowest BCUT2D eigenvalue weighted by atomic mass is 9.96. The van der Waals surface area contributed by atoms with Crippen LogP contribution in [0, 0.1) is 13.8 Å². The molecule has 1 saturated heterocycles. The normalized spacial score (nSPS) is 17.9. The van der Waals surface area contributed by atoms with E-state index in [1.807, 2.05) is 60.9 Å². The molecule has 184 valence electrons. The van der Waals surface area contributed by atoms with Crippen LogP contribution in [0.2, 0.25) is 0 Å². The van der Waals surface area contributed by atoms with Crippen molar-refractivity contribution in [3.63, 3.8) is 0 Å². The zero-order valence-electron chi connectivity index (χ0n) is 19.8. The van der Waals surface area contributed by atoms with Crippen molar-refractivity contribution in [2.24, 2.45) is 0 Å². The number of hydrogen-bond acceptors (Lipinski definition) is 2. The summed E-state index contributed by atoms with van der Waals surface area (Å²) in [4.78, 5) is 6.73. The topological polar surface area (TPSA) is 33.1 Å². The van der Waals surface area contributed by atoms with Gasteiger partial charge in [-0.05, 0) is 73.6 Å². The minimum atomic E-state index is -4.41. The maximum atomic E-state index is 13.4. The van der Waals surface area contributed by atoms with Gasteiger partial charge in [0.2, 0.25) is 0 Å². The van der Waals surface area contributed by atoms with Gasteiger partial charge in [-0.25, -0.2) is 0 Å². The number of alkyl halides is 3. The van der Waals surface area contributed by atoms with E-state index in [4.69, 9.17) is 12.2 Å². The molecule has 1 N–H and O–H groups in total. The lowest BCUT2D eigenvalue weighted by Gasteiger charge is -2.28. The molecule has 0 radical (unpaired) electrons. The molecule has 1 aliphatic rings. The zero-order valence-corrected chi connectivity index (χ0v) is 20.6. The summed E-state index contributed by atoms with van der Waals surface area (Å²) in [5.41, 5.74) is 4.47. The molecule has 0 saturated carbocycles. The van der Waals surface area contributed by atoms with Crippen LogP contribution in [0.25, 0.3) is 5.69 Å². The lowest BCUT2D eigenvalue weighted by molar-refractivity contribution is -0.137. The molecule has 0 aliphatic carbocycles. The van der Waals surface area contributed by atoms with Gasteiger partial charge in [0.05, 0.1) is 23.3 Å². The second-order valence-corrected chi connectivity index (χ2v) is 9.34. The first-order chi connectivity index (χ1) is 17.2. The summed E-state index contributed by atoms with van der Waals surface area (Å²) in [6.07, 6.45) is -2.66. The van der Waals surface area contributed by atoms with Gasteiger partial charge in [-0.3, -0.25) is 4.98 Å². The summed E-state index contributed by atoms with van der Waals surface area (Å²) in [6.45, 7) is 4.45. The maximum absolute atomic E-state index is 13.4.